The van der Waals surface area contributed by atoms with E-state index in [2.05, 4.69) is 17.2 Å². The van der Waals surface area contributed by atoms with Crippen molar-refractivity contribution in [3.05, 3.63) is 12.1 Å². The van der Waals surface area contributed by atoms with Gasteiger partial charge < -0.3 is 20.5 Å². The highest BCUT2D eigenvalue weighted by Crippen LogP contribution is 2.24. The lowest BCUT2D eigenvalue weighted by Crippen LogP contribution is -2.27. The number of nitrogens with two attached hydrogens (primary N) is 1. The number of ether oxygens (including phenoxy) is 2. The van der Waals surface area contributed by atoms with Crippen LogP contribution in [0, 0.1) is 0 Å². The van der Waals surface area contributed by atoms with Crippen LogP contribution in [0.15, 0.2) is 12.1 Å². The molecule has 1 aliphatic rings. The van der Waals surface area contributed by atoms with Crippen molar-refractivity contribution in [2.24, 2.45) is 0 Å². The fourth-order valence-electron chi connectivity index (χ4n) is 1.96. The summed E-state index contributed by atoms with van der Waals surface area (Å²) in [5.41, 5.74) is 6.39. The first-order valence-electron chi connectivity index (χ1n) is 6.37. The van der Waals surface area contributed by atoms with Crippen molar-refractivity contribution in [1.29, 1.82) is 0 Å². The van der Waals surface area contributed by atoms with Crippen LogP contribution in [0.2, 0.25) is 0 Å². The molecule has 2 heterocycles. The Hall–Kier alpha value is -1.49. The molecule has 2 unspecified atom stereocenters. The van der Waals surface area contributed by atoms with Gasteiger partial charge in [0, 0.05) is 6.61 Å². The summed E-state index contributed by atoms with van der Waals surface area (Å²) in [7, 11) is 0. The Morgan fingerprint density at radius 2 is 2.28 bits per heavy atom. The van der Waals surface area contributed by atoms with Crippen LogP contribution in [0.3, 0.4) is 0 Å². The molecule has 1 aromatic rings. The quantitative estimate of drug-likeness (QED) is 0.857. The number of rotatable bonds is 4. The Morgan fingerprint density at radius 1 is 1.50 bits per heavy atom. The second-order valence-electron chi connectivity index (χ2n) is 4.87. The van der Waals surface area contributed by atoms with Crippen LogP contribution < -0.4 is 15.8 Å². The van der Waals surface area contributed by atoms with Gasteiger partial charge in [0.1, 0.15) is 5.82 Å². The predicted molar refractivity (Wildman–Crippen MR) is 71.9 cm³/mol. The number of nitrogens with zero attached hydrogens (tertiary/aromatic N) is 1. The zero-order chi connectivity index (χ0) is 13.1. The minimum atomic E-state index is 0.0591. The summed E-state index contributed by atoms with van der Waals surface area (Å²) >= 11 is 0. The van der Waals surface area contributed by atoms with Crippen molar-refractivity contribution < 1.29 is 9.47 Å². The Kier molecular flexibility index (Phi) is 3.91. The fourth-order valence-corrected chi connectivity index (χ4v) is 1.96. The van der Waals surface area contributed by atoms with Crippen LogP contribution in [0.5, 0.6) is 5.88 Å². The zero-order valence-electron chi connectivity index (χ0n) is 11.1. The van der Waals surface area contributed by atoms with Crippen molar-refractivity contribution in [3.8, 4) is 5.88 Å². The van der Waals surface area contributed by atoms with Gasteiger partial charge in [-0.1, -0.05) is 0 Å². The normalized spacial score (nSPS) is 23.3. The molecule has 0 bridgehead atoms. The van der Waals surface area contributed by atoms with Crippen molar-refractivity contribution >= 4 is 11.5 Å². The van der Waals surface area contributed by atoms with Crippen molar-refractivity contribution in [3.63, 3.8) is 0 Å². The maximum atomic E-state index is 5.83. The van der Waals surface area contributed by atoms with E-state index in [9.17, 15) is 0 Å². The number of pyridine rings is 1. The monoisotopic (exact) mass is 251 g/mol. The molecular formula is C13H21N3O2. The first-order valence-corrected chi connectivity index (χ1v) is 6.37. The highest BCUT2D eigenvalue weighted by atomic mass is 16.5. The Balaban J connectivity index is 2.09. The molecule has 3 N–H and O–H groups in total. The second kappa shape index (κ2) is 5.44. The number of nitrogen functional groups attached to an aromatic ring is 1. The van der Waals surface area contributed by atoms with Gasteiger partial charge in [0.2, 0.25) is 5.88 Å². The van der Waals surface area contributed by atoms with E-state index in [1.807, 2.05) is 26.0 Å². The zero-order valence-corrected chi connectivity index (χ0v) is 11.1. The third-order valence-electron chi connectivity index (χ3n) is 2.95. The average Bonchev–Trinajstić information content (AvgIpc) is 2.69. The Labute approximate surface area is 108 Å². The smallest absolute Gasteiger partial charge is 0.239 e. The van der Waals surface area contributed by atoms with Crippen molar-refractivity contribution in [1.82, 2.24) is 4.98 Å². The van der Waals surface area contributed by atoms with Gasteiger partial charge in [-0.05, 0) is 39.3 Å². The first-order chi connectivity index (χ1) is 8.56. The molecule has 2 rings (SSSR count). The largest absolute Gasteiger partial charge is 0.473 e. The van der Waals surface area contributed by atoms with Crippen LogP contribution in [0.25, 0.3) is 0 Å². The van der Waals surface area contributed by atoms with E-state index < -0.39 is 0 Å². The summed E-state index contributed by atoms with van der Waals surface area (Å²) < 4.78 is 11.1. The molecule has 5 heteroatoms. The molecule has 18 heavy (non-hydrogen) atoms. The topological polar surface area (TPSA) is 69.4 Å². The minimum absolute atomic E-state index is 0.0591. The minimum Gasteiger partial charge on any atom is -0.473 e. The molecule has 0 aliphatic carbocycles. The molecule has 0 aromatic carbocycles. The lowest BCUT2D eigenvalue weighted by atomic mass is 10.1. The molecular weight excluding hydrogens is 230 g/mol. The highest BCUT2D eigenvalue weighted by Gasteiger charge is 2.24. The maximum Gasteiger partial charge on any atom is 0.239 e. The molecule has 1 fully saturated rings. The van der Waals surface area contributed by atoms with E-state index in [-0.39, 0.29) is 12.2 Å². The van der Waals surface area contributed by atoms with Gasteiger partial charge in [-0.3, -0.25) is 0 Å². The number of nitrogens with one attached hydrogen (secondary N) is 1. The maximum absolute atomic E-state index is 5.83. The van der Waals surface area contributed by atoms with E-state index in [1.165, 1.54) is 0 Å². The van der Waals surface area contributed by atoms with Crippen LogP contribution in [-0.2, 0) is 4.74 Å². The first kappa shape index (κ1) is 13.0. The fraction of sp³-hybridized carbons (Fsp3) is 0.615. The van der Waals surface area contributed by atoms with Gasteiger partial charge in [0.25, 0.3) is 0 Å². The summed E-state index contributed by atoms with van der Waals surface area (Å²) in [6.07, 6.45) is 1.26. The van der Waals surface area contributed by atoms with Crippen LogP contribution >= 0.6 is 0 Å². The lowest BCUT2D eigenvalue weighted by molar-refractivity contribution is 0.121. The summed E-state index contributed by atoms with van der Waals surface area (Å²) in [6.45, 7) is 6.76. The highest BCUT2D eigenvalue weighted by molar-refractivity contribution is 5.54. The van der Waals surface area contributed by atoms with E-state index in [0.717, 1.165) is 18.8 Å². The predicted octanol–water partition coefficient (Wildman–Crippen LogP) is 2.04. The molecule has 100 valence electrons. The third-order valence-corrected chi connectivity index (χ3v) is 2.95. The standard InChI is InChI=1S/C13H21N3O2/c1-8(2)18-13-10(14)4-5-12(16-13)15-11-6-7-17-9(11)3/h4-5,8-9,11H,6-7,14H2,1-3H3,(H,15,16). The summed E-state index contributed by atoms with van der Waals surface area (Å²) in [4.78, 5) is 4.40. The molecule has 1 aliphatic heterocycles. The Bertz CT molecular complexity index is 409. The summed E-state index contributed by atoms with van der Waals surface area (Å²) in [5, 5.41) is 3.36. The molecule has 1 aromatic heterocycles. The molecule has 0 saturated carbocycles. The van der Waals surface area contributed by atoms with Gasteiger partial charge in [-0.15, -0.1) is 0 Å². The van der Waals surface area contributed by atoms with Gasteiger partial charge >= 0.3 is 0 Å². The molecule has 2 atom stereocenters. The summed E-state index contributed by atoms with van der Waals surface area (Å²) in [5.74, 6) is 1.27. The number of aromatic nitrogens is 1. The third kappa shape index (κ3) is 3.04. The number of hydrogen-bond acceptors (Lipinski definition) is 5. The van der Waals surface area contributed by atoms with Crippen LogP contribution in [0.1, 0.15) is 27.2 Å². The van der Waals surface area contributed by atoms with E-state index in [1.54, 1.807) is 0 Å². The van der Waals surface area contributed by atoms with Crippen molar-refractivity contribution in [2.45, 2.75) is 45.4 Å². The number of anilines is 2. The van der Waals surface area contributed by atoms with Crippen LogP contribution in [0.4, 0.5) is 11.5 Å². The van der Waals surface area contributed by atoms with Crippen molar-refractivity contribution in [2.75, 3.05) is 17.7 Å². The van der Waals surface area contributed by atoms with Gasteiger partial charge in [0.15, 0.2) is 0 Å². The average molecular weight is 251 g/mol. The molecule has 0 amide bonds. The molecule has 1 saturated heterocycles. The van der Waals surface area contributed by atoms with Crippen LogP contribution in [-0.4, -0.2) is 29.8 Å². The molecule has 0 radical (unpaired) electrons. The van der Waals surface area contributed by atoms with E-state index >= 15 is 0 Å². The van der Waals surface area contributed by atoms with E-state index in [0.29, 0.717) is 17.6 Å². The lowest BCUT2D eigenvalue weighted by Gasteiger charge is -2.18. The van der Waals surface area contributed by atoms with Gasteiger partial charge in [-0.25, -0.2) is 0 Å². The summed E-state index contributed by atoms with van der Waals surface area (Å²) in [6, 6.07) is 3.98. The number of hydrogen-bond donors (Lipinski definition) is 2. The second-order valence-corrected chi connectivity index (χ2v) is 4.87. The molecule has 5 nitrogen and oxygen atoms in total. The molecule has 0 spiro atoms. The van der Waals surface area contributed by atoms with E-state index in [4.69, 9.17) is 15.2 Å². The van der Waals surface area contributed by atoms with Gasteiger partial charge in [-0.2, -0.15) is 4.98 Å². The van der Waals surface area contributed by atoms with Gasteiger partial charge in [0.05, 0.1) is 23.9 Å². The Morgan fingerprint density at radius 3 is 2.89 bits per heavy atom. The SMILES string of the molecule is CC(C)Oc1nc(NC2CCOC2C)ccc1N.